The van der Waals surface area contributed by atoms with E-state index in [2.05, 4.69) is 17.1 Å². The van der Waals surface area contributed by atoms with Gasteiger partial charge in [-0.1, -0.05) is 60.3 Å². The van der Waals surface area contributed by atoms with E-state index in [-0.39, 0.29) is 11.8 Å². The van der Waals surface area contributed by atoms with Gasteiger partial charge < -0.3 is 0 Å². The largest absolute Gasteiger partial charge is 0.274 e. The Morgan fingerprint density at radius 3 is 2.08 bits per heavy atom. The van der Waals surface area contributed by atoms with E-state index in [0.29, 0.717) is 17.7 Å². The summed E-state index contributed by atoms with van der Waals surface area (Å²) in [6.07, 6.45) is 3.12. The highest BCUT2D eigenvalue weighted by molar-refractivity contribution is 8.03. The number of unbranched alkanes of at least 4 members (excludes halogenated alkanes) is 1. The zero-order chi connectivity index (χ0) is 17.6. The highest BCUT2D eigenvalue weighted by Gasteiger charge is 2.34. The molecule has 8 heteroatoms. The molecule has 0 saturated heterocycles. The van der Waals surface area contributed by atoms with Crippen LogP contribution >= 0.6 is 34.9 Å². The Bertz CT molecular complexity index is 728. The molecule has 0 bridgehead atoms. The molecule has 0 spiro atoms. The average molecular weight is 394 g/mol. The second-order valence-corrected chi connectivity index (χ2v) is 9.21. The van der Waals surface area contributed by atoms with Gasteiger partial charge in [0.05, 0.1) is 11.1 Å². The lowest BCUT2D eigenvalue weighted by molar-refractivity contribution is 0.0655. The number of nitrogens with zero attached hydrogens (tertiary/aromatic N) is 3. The summed E-state index contributed by atoms with van der Waals surface area (Å²) in [7, 11) is 0. The first-order valence-electron chi connectivity index (χ1n) is 8.25. The molecule has 3 rings (SSSR count). The van der Waals surface area contributed by atoms with Crippen molar-refractivity contribution in [1.29, 1.82) is 0 Å². The van der Waals surface area contributed by atoms with E-state index in [1.165, 1.54) is 17.7 Å². The van der Waals surface area contributed by atoms with Crippen molar-refractivity contribution >= 4 is 46.7 Å². The van der Waals surface area contributed by atoms with E-state index in [1.54, 1.807) is 59.1 Å². The van der Waals surface area contributed by atoms with E-state index in [1.807, 2.05) is 0 Å². The zero-order valence-corrected chi connectivity index (χ0v) is 16.4. The molecule has 5 nitrogen and oxygen atoms in total. The molecule has 0 radical (unpaired) electrons. The normalized spacial score (nSPS) is 13.6. The number of carbonyl (C=O) groups excluding carboxylic acids is 2. The highest BCUT2D eigenvalue weighted by atomic mass is 32.2. The standard InChI is InChI=1S/C17H19N3O2S3/c1-2-3-10-23-16-18-19-17(25-16)24-11-6-9-20-14(21)12-7-4-5-8-13(12)15(20)22/h4-5,7-8H,2-3,6,9-11H2,1H3. The van der Waals surface area contributed by atoms with E-state index >= 15 is 0 Å². The molecule has 1 aromatic heterocycles. The monoisotopic (exact) mass is 393 g/mol. The Kier molecular flexibility index (Phi) is 6.50. The van der Waals surface area contributed by atoms with Crippen LogP contribution in [-0.2, 0) is 0 Å². The van der Waals surface area contributed by atoms with Gasteiger partial charge in [0.25, 0.3) is 11.8 Å². The molecule has 25 heavy (non-hydrogen) atoms. The Morgan fingerprint density at radius 2 is 1.52 bits per heavy atom. The SMILES string of the molecule is CCCCSc1nnc(SCCCN2C(=O)c3ccccc3C2=O)s1. The molecule has 1 aliphatic rings. The van der Waals surface area contributed by atoms with Gasteiger partial charge in [-0.15, -0.1) is 10.2 Å². The van der Waals surface area contributed by atoms with Gasteiger partial charge in [0.2, 0.25) is 0 Å². The molecule has 2 amide bonds. The Balaban J connectivity index is 1.44. The fourth-order valence-corrected chi connectivity index (χ4v) is 5.61. The molecule has 0 fully saturated rings. The Hall–Kier alpha value is -1.38. The van der Waals surface area contributed by atoms with E-state index in [4.69, 9.17) is 0 Å². The van der Waals surface area contributed by atoms with Gasteiger partial charge >= 0.3 is 0 Å². The fraction of sp³-hybridized carbons (Fsp3) is 0.412. The number of hydrogen-bond acceptors (Lipinski definition) is 7. The van der Waals surface area contributed by atoms with Crippen LogP contribution in [0.1, 0.15) is 46.9 Å². The first-order chi connectivity index (χ1) is 12.2. The minimum absolute atomic E-state index is 0.184. The van der Waals surface area contributed by atoms with Gasteiger partial charge in [-0.2, -0.15) is 0 Å². The topological polar surface area (TPSA) is 63.2 Å². The summed E-state index contributed by atoms with van der Waals surface area (Å²) in [6.45, 7) is 2.62. The molecule has 0 saturated carbocycles. The first kappa shape index (κ1) is 18.4. The van der Waals surface area contributed by atoms with Crippen LogP contribution in [0.3, 0.4) is 0 Å². The van der Waals surface area contributed by atoms with Gasteiger partial charge in [-0.25, -0.2) is 0 Å². The van der Waals surface area contributed by atoms with Crippen molar-refractivity contribution in [2.75, 3.05) is 18.1 Å². The van der Waals surface area contributed by atoms with Gasteiger partial charge in [0.15, 0.2) is 8.68 Å². The van der Waals surface area contributed by atoms with Gasteiger partial charge in [0.1, 0.15) is 0 Å². The molecular weight excluding hydrogens is 374 g/mol. The van der Waals surface area contributed by atoms with E-state index < -0.39 is 0 Å². The maximum absolute atomic E-state index is 12.3. The van der Waals surface area contributed by atoms with Crippen LogP contribution in [0.25, 0.3) is 0 Å². The van der Waals surface area contributed by atoms with Crippen LogP contribution in [0.2, 0.25) is 0 Å². The highest BCUT2D eigenvalue weighted by Crippen LogP contribution is 2.30. The molecule has 0 N–H and O–H groups in total. The summed E-state index contributed by atoms with van der Waals surface area (Å²) in [4.78, 5) is 25.9. The summed E-state index contributed by atoms with van der Waals surface area (Å²) in [5.41, 5.74) is 1.02. The molecule has 2 heterocycles. The average Bonchev–Trinajstić information content (AvgIpc) is 3.17. The molecule has 1 aliphatic heterocycles. The summed E-state index contributed by atoms with van der Waals surface area (Å²) in [5.74, 6) is 1.52. The number of fused-ring (bicyclic) bond motifs is 1. The smallest absolute Gasteiger partial charge is 0.261 e. The predicted octanol–water partition coefficient (Wildman–Crippen LogP) is 4.21. The molecule has 0 atom stereocenters. The number of hydrogen-bond donors (Lipinski definition) is 0. The third-order valence-electron chi connectivity index (χ3n) is 3.74. The molecule has 132 valence electrons. The third kappa shape index (κ3) is 4.43. The maximum atomic E-state index is 12.3. The summed E-state index contributed by atoms with van der Waals surface area (Å²) < 4.78 is 1.96. The quantitative estimate of drug-likeness (QED) is 0.361. The van der Waals surface area contributed by atoms with Gasteiger partial charge in [-0.05, 0) is 25.0 Å². The van der Waals surface area contributed by atoms with Crippen LogP contribution in [0.15, 0.2) is 32.9 Å². The molecular formula is C17H19N3O2S3. The number of thioether (sulfide) groups is 2. The minimum atomic E-state index is -0.184. The molecule has 2 aromatic rings. The van der Waals surface area contributed by atoms with Crippen molar-refractivity contribution in [3.63, 3.8) is 0 Å². The second-order valence-electron chi connectivity index (χ2n) is 5.55. The molecule has 1 aromatic carbocycles. The summed E-state index contributed by atoms with van der Waals surface area (Å²) in [5, 5.41) is 8.38. The van der Waals surface area contributed by atoms with Crippen molar-refractivity contribution in [3.05, 3.63) is 35.4 Å². The molecule has 0 unspecified atom stereocenters. The lowest BCUT2D eigenvalue weighted by atomic mass is 10.1. The lowest BCUT2D eigenvalue weighted by Gasteiger charge is -2.12. The van der Waals surface area contributed by atoms with Gasteiger partial charge in [-0.3, -0.25) is 14.5 Å². The number of imide groups is 1. The number of carbonyl (C=O) groups is 2. The Labute approximate surface area is 159 Å². The summed E-state index contributed by atoms with van der Waals surface area (Å²) >= 11 is 5.00. The molecule has 0 aliphatic carbocycles. The van der Waals surface area contributed by atoms with E-state index in [9.17, 15) is 9.59 Å². The van der Waals surface area contributed by atoms with E-state index in [0.717, 1.165) is 26.6 Å². The number of amides is 2. The van der Waals surface area contributed by atoms with Crippen LogP contribution in [0.5, 0.6) is 0 Å². The third-order valence-corrected chi connectivity index (χ3v) is 7.10. The van der Waals surface area contributed by atoms with Crippen LogP contribution in [0.4, 0.5) is 0 Å². The van der Waals surface area contributed by atoms with Crippen molar-refractivity contribution in [3.8, 4) is 0 Å². The number of benzene rings is 1. The minimum Gasteiger partial charge on any atom is -0.274 e. The van der Waals surface area contributed by atoms with Crippen LogP contribution < -0.4 is 0 Å². The van der Waals surface area contributed by atoms with Crippen molar-refractivity contribution in [2.24, 2.45) is 0 Å². The zero-order valence-electron chi connectivity index (χ0n) is 13.9. The van der Waals surface area contributed by atoms with Crippen LogP contribution in [0, 0.1) is 0 Å². The van der Waals surface area contributed by atoms with Crippen molar-refractivity contribution in [2.45, 2.75) is 34.9 Å². The predicted molar refractivity (Wildman–Crippen MR) is 103 cm³/mol. The van der Waals surface area contributed by atoms with Crippen LogP contribution in [-0.4, -0.2) is 45.0 Å². The summed E-state index contributed by atoms with van der Waals surface area (Å²) in [6, 6.07) is 7.00. The first-order valence-corrected chi connectivity index (χ1v) is 11.0. The van der Waals surface area contributed by atoms with Crippen molar-refractivity contribution in [1.82, 2.24) is 15.1 Å². The fourth-order valence-electron chi connectivity index (χ4n) is 2.44. The Morgan fingerprint density at radius 1 is 0.960 bits per heavy atom. The number of aromatic nitrogens is 2. The van der Waals surface area contributed by atoms with Gasteiger partial charge in [0, 0.05) is 18.1 Å². The second kappa shape index (κ2) is 8.82. The number of rotatable bonds is 9. The van der Waals surface area contributed by atoms with Crippen molar-refractivity contribution < 1.29 is 9.59 Å². The maximum Gasteiger partial charge on any atom is 0.261 e. The lowest BCUT2D eigenvalue weighted by Crippen LogP contribution is -2.30.